The van der Waals surface area contributed by atoms with E-state index in [1.165, 1.54) is 5.56 Å². The first-order valence-electron chi connectivity index (χ1n) is 8.68. The number of hydrogen-bond acceptors (Lipinski definition) is 3. The number of ketones is 1. The Labute approximate surface area is 142 Å². The fraction of sp³-hybridized carbons (Fsp3) is 0.632. The van der Waals surface area contributed by atoms with Crippen molar-refractivity contribution in [3.05, 3.63) is 29.3 Å². The average Bonchev–Trinajstić information content (AvgIpc) is 2.48. The standard InChI is InChI=1S/C19H30O3Si/c1-8-19(9-2)17(22-23(6)7)16(20)14-11-10-13(18(3,4)5)12-15(14)21-19/h10-12,17,23H,8-9H2,1-7H3. The SMILES string of the molecule is CCC1(CC)Oc2cc(C(C)(C)C)ccc2C(=O)C1O[SiH](C)C. The molecule has 0 saturated carbocycles. The van der Waals surface area contributed by atoms with Gasteiger partial charge in [-0.1, -0.05) is 40.7 Å². The van der Waals surface area contributed by atoms with E-state index in [1.807, 2.05) is 18.2 Å². The molecule has 128 valence electrons. The van der Waals surface area contributed by atoms with Gasteiger partial charge < -0.3 is 9.16 Å². The first-order chi connectivity index (χ1) is 10.6. The molecule has 0 amide bonds. The maximum atomic E-state index is 13.1. The quantitative estimate of drug-likeness (QED) is 0.761. The molecule has 1 atom stereocenters. The smallest absolute Gasteiger partial charge is 0.198 e. The van der Waals surface area contributed by atoms with E-state index in [1.54, 1.807) is 0 Å². The number of carbonyl (C=O) groups is 1. The van der Waals surface area contributed by atoms with E-state index in [4.69, 9.17) is 9.16 Å². The average molecular weight is 335 g/mol. The fourth-order valence-electron chi connectivity index (χ4n) is 3.15. The van der Waals surface area contributed by atoms with E-state index in [9.17, 15) is 4.79 Å². The zero-order valence-electron chi connectivity index (χ0n) is 15.5. The number of Topliss-reactive ketones (excluding diaryl/α,β-unsaturated/α-hetero) is 1. The van der Waals surface area contributed by atoms with Crippen LogP contribution in [-0.2, 0) is 9.84 Å². The molecule has 0 spiro atoms. The van der Waals surface area contributed by atoms with E-state index < -0.39 is 20.7 Å². The molecule has 0 saturated heterocycles. The Balaban J connectivity index is 2.53. The Kier molecular flexibility index (Phi) is 5.07. The maximum Gasteiger partial charge on any atom is 0.198 e. The number of carbonyl (C=O) groups excluding carboxylic acids is 1. The van der Waals surface area contributed by atoms with Crippen LogP contribution in [0, 0.1) is 0 Å². The molecule has 1 aromatic rings. The predicted molar refractivity (Wildman–Crippen MR) is 97.2 cm³/mol. The molecule has 2 rings (SSSR count). The van der Waals surface area contributed by atoms with E-state index in [-0.39, 0.29) is 11.2 Å². The molecule has 3 nitrogen and oxygen atoms in total. The molecular formula is C19H30O3Si. The number of rotatable bonds is 4. The summed E-state index contributed by atoms with van der Waals surface area (Å²) in [4.78, 5) is 13.1. The van der Waals surface area contributed by atoms with Crippen LogP contribution in [-0.4, -0.2) is 26.5 Å². The minimum absolute atomic E-state index is 0.0285. The van der Waals surface area contributed by atoms with E-state index >= 15 is 0 Å². The van der Waals surface area contributed by atoms with E-state index in [2.05, 4.69) is 47.7 Å². The van der Waals surface area contributed by atoms with Crippen LogP contribution < -0.4 is 4.74 Å². The second-order valence-electron chi connectivity index (χ2n) is 7.76. The highest BCUT2D eigenvalue weighted by molar-refractivity contribution is 6.48. The third-order valence-corrected chi connectivity index (χ3v) is 5.56. The van der Waals surface area contributed by atoms with Gasteiger partial charge in [-0.05, 0) is 49.0 Å². The Morgan fingerprint density at radius 1 is 1.22 bits per heavy atom. The van der Waals surface area contributed by atoms with Gasteiger partial charge in [0, 0.05) is 0 Å². The van der Waals surface area contributed by atoms with Crippen molar-refractivity contribution in [1.82, 2.24) is 0 Å². The molecule has 0 aromatic heterocycles. The third kappa shape index (κ3) is 3.38. The van der Waals surface area contributed by atoms with Crippen LogP contribution in [0.1, 0.15) is 63.4 Å². The largest absolute Gasteiger partial charge is 0.483 e. The van der Waals surface area contributed by atoms with Crippen molar-refractivity contribution < 1.29 is 14.0 Å². The van der Waals surface area contributed by atoms with Gasteiger partial charge in [-0.25, -0.2) is 0 Å². The molecule has 0 N–H and O–H groups in total. The van der Waals surface area contributed by atoms with Gasteiger partial charge in [0.15, 0.2) is 14.8 Å². The second-order valence-corrected chi connectivity index (χ2v) is 10.1. The van der Waals surface area contributed by atoms with Crippen molar-refractivity contribution in [1.29, 1.82) is 0 Å². The highest BCUT2D eigenvalue weighted by Crippen LogP contribution is 2.41. The van der Waals surface area contributed by atoms with Crippen LogP contribution >= 0.6 is 0 Å². The topological polar surface area (TPSA) is 35.5 Å². The van der Waals surface area contributed by atoms with Crippen molar-refractivity contribution >= 4 is 14.8 Å². The molecule has 1 unspecified atom stereocenters. The van der Waals surface area contributed by atoms with Gasteiger partial charge >= 0.3 is 0 Å². The summed E-state index contributed by atoms with van der Waals surface area (Å²) < 4.78 is 12.5. The Morgan fingerprint density at radius 2 is 1.83 bits per heavy atom. The van der Waals surface area contributed by atoms with E-state index in [0.29, 0.717) is 5.56 Å². The number of benzene rings is 1. The summed E-state index contributed by atoms with van der Waals surface area (Å²) in [6.07, 6.45) is 1.05. The van der Waals surface area contributed by atoms with Crippen molar-refractivity contribution in [2.45, 2.75) is 77.7 Å². The highest BCUT2D eigenvalue weighted by Gasteiger charge is 2.48. The molecule has 1 aliphatic rings. The molecule has 1 heterocycles. The van der Waals surface area contributed by atoms with Crippen molar-refractivity contribution in [3.8, 4) is 5.75 Å². The molecule has 23 heavy (non-hydrogen) atoms. The summed E-state index contributed by atoms with van der Waals surface area (Å²) in [6, 6.07) is 5.98. The van der Waals surface area contributed by atoms with Crippen LogP contribution in [0.15, 0.2) is 18.2 Å². The van der Waals surface area contributed by atoms with Gasteiger partial charge in [-0.15, -0.1) is 0 Å². The molecular weight excluding hydrogens is 304 g/mol. The molecule has 0 bridgehead atoms. The molecule has 4 heteroatoms. The van der Waals surface area contributed by atoms with Crippen LogP contribution in [0.4, 0.5) is 0 Å². The summed E-state index contributed by atoms with van der Waals surface area (Å²) in [7, 11) is -1.34. The zero-order chi connectivity index (χ0) is 17.4. The maximum absolute atomic E-state index is 13.1. The summed E-state index contributed by atoms with van der Waals surface area (Å²) in [6.45, 7) is 14.9. The summed E-state index contributed by atoms with van der Waals surface area (Å²) in [5, 5.41) is 0. The lowest BCUT2D eigenvalue weighted by Crippen LogP contribution is -2.56. The molecule has 0 fully saturated rings. The monoisotopic (exact) mass is 334 g/mol. The molecule has 1 aliphatic heterocycles. The first-order valence-corrected chi connectivity index (χ1v) is 11.5. The van der Waals surface area contributed by atoms with E-state index in [0.717, 1.165) is 18.6 Å². The second kappa shape index (κ2) is 6.40. The zero-order valence-corrected chi connectivity index (χ0v) is 16.7. The normalized spacial score (nSPS) is 20.3. The minimum atomic E-state index is -1.34. The Hall–Kier alpha value is -1.13. The molecule has 1 aromatic carbocycles. The lowest BCUT2D eigenvalue weighted by Gasteiger charge is -2.43. The van der Waals surface area contributed by atoms with Crippen LogP contribution in [0.5, 0.6) is 5.75 Å². The van der Waals surface area contributed by atoms with Gasteiger partial charge in [0.25, 0.3) is 0 Å². The predicted octanol–water partition coefficient (Wildman–Crippen LogP) is 4.49. The summed E-state index contributed by atoms with van der Waals surface area (Å²) >= 11 is 0. The van der Waals surface area contributed by atoms with Crippen LogP contribution in [0.3, 0.4) is 0 Å². The first kappa shape index (κ1) is 18.2. The van der Waals surface area contributed by atoms with Crippen molar-refractivity contribution in [2.75, 3.05) is 0 Å². The number of ether oxygens (including phenoxy) is 1. The Bertz CT molecular complexity index is 583. The Morgan fingerprint density at radius 3 is 2.30 bits per heavy atom. The van der Waals surface area contributed by atoms with Gasteiger partial charge in [0.2, 0.25) is 0 Å². The third-order valence-electron chi connectivity index (χ3n) is 4.75. The molecule has 0 aliphatic carbocycles. The highest BCUT2D eigenvalue weighted by atomic mass is 28.3. The minimum Gasteiger partial charge on any atom is -0.483 e. The van der Waals surface area contributed by atoms with Gasteiger partial charge in [-0.2, -0.15) is 0 Å². The lowest BCUT2D eigenvalue weighted by molar-refractivity contribution is -0.0430. The van der Waals surface area contributed by atoms with Gasteiger partial charge in [0.1, 0.15) is 17.5 Å². The van der Waals surface area contributed by atoms with Gasteiger partial charge in [0.05, 0.1) is 5.56 Å². The molecule has 0 radical (unpaired) electrons. The van der Waals surface area contributed by atoms with Crippen molar-refractivity contribution in [2.24, 2.45) is 0 Å². The van der Waals surface area contributed by atoms with Crippen LogP contribution in [0.2, 0.25) is 13.1 Å². The summed E-state index contributed by atoms with van der Waals surface area (Å²) in [5.74, 6) is 0.799. The van der Waals surface area contributed by atoms with Gasteiger partial charge in [-0.3, -0.25) is 4.79 Å². The van der Waals surface area contributed by atoms with Crippen LogP contribution in [0.25, 0.3) is 0 Å². The number of fused-ring (bicyclic) bond motifs is 1. The van der Waals surface area contributed by atoms with Crippen molar-refractivity contribution in [3.63, 3.8) is 0 Å². The number of hydrogen-bond donors (Lipinski definition) is 0. The summed E-state index contributed by atoms with van der Waals surface area (Å²) in [5.41, 5.74) is 1.33. The lowest BCUT2D eigenvalue weighted by atomic mass is 9.81. The fourth-order valence-corrected chi connectivity index (χ4v) is 4.07.